The van der Waals surface area contributed by atoms with E-state index in [1.165, 1.54) is 0 Å². The quantitative estimate of drug-likeness (QED) is 0.593. The number of anilines is 1. The zero-order chi connectivity index (χ0) is 10.8. The molecule has 1 saturated heterocycles. The number of β-lactam (4-membered cyclic amide) rings is 1. The molecule has 0 radical (unpaired) electrons. The van der Waals surface area contributed by atoms with Crippen molar-refractivity contribution in [2.45, 2.75) is 13.0 Å². The average Bonchev–Trinajstić information content (AvgIpc) is 2.24. The minimum Gasteiger partial charge on any atom is -0.495 e. The molecule has 2 N–H and O–H groups in total. The van der Waals surface area contributed by atoms with E-state index in [4.69, 9.17) is 10.5 Å². The summed E-state index contributed by atoms with van der Waals surface area (Å²) >= 11 is 0. The van der Waals surface area contributed by atoms with Crippen molar-refractivity contribution in [2.75, 3.05) is 19.4 Å². The Bertz CT molecular complexity index is 390. The summed E-state index contributed by atoms with van der Waals surface area (Å²) in [7, 11) is 1.59. The predicted molar refractivity (Wildman–Crippen MR) is 57.4 cm³/mol. The van der Waals surface area contributed by atoms with Gasteiger partial charge >= 0.3 is 0 Å². The van der Waals surface area contributed by atoms with Gasteiger partial charge in [-0.25, -0.2) is 0 Å². The third kappa shape index (κ3) is 1.88. The number of carbonyl (C=O) groups is 1. The maximum Gasteiger partial charge on any atom is 0.224 e. The molecular formula is C11H14N2O2. The lowest BCUT2D eigenvalue weighted by Gasteiger charge is -2.30. The highest BCUT2D eigenvalue weighted by atomic mass is 16.5. The molecule has 0 saturated carbocycles. The fourth-order valence-electron chi connectivity index (χ4n) is 1.63. The van der Waals surface area contributed by atoms with Crippen molar-refractivity contribution in [2.24, 2.45) is 0 Å². The van der Waals surface area contributed by atoms with Crippen LogP contribution in [-0.4, -0.2) is 24.5 Å². The number of nitrogen functional groups attached to an aromatic ring is 1. The molecule has 1 fully saturated rings. The van der Waals surface area contributed by atoms with E-state index in [0.717, 1.165) is 12.1 Å². The standard InChI is InChI=1S/C11H14N2O2/c1-15-10-3-2-8(6-9(10)12)7-13-5-4-11(13)14/h2-3,6H,4-5,7,12H2,1H3. The number of benzene rings is 1. The van der Waals surface area contributed by atoms with Gasteiger partial charge in [0.15, 0.2) is 0 Å². The second-order valence-corrected chi connectivity index (χ2v) is 3.64. The Morgan fingerprint density at radius 2 is 2.33 bits per heavy atom. The van der Waals surface area contributed by atoms with Crippen molar-refractivity contribution >= 4 is 11.6 Å². The van der Waals surface area contributed by atoms with Crippen LogP contribution in [0.1, 0.15) is 12.0 Å². The highest BCUT2D eigenvalue weighted by molar-refractivity contribution is 5.81. The molecule has 80 valence electrons. The smallest absolute Gasteiger partial charge is 0.224 e. The summed E-state index contributed by atoms with van der Waals surface area (Å²) in [4.78, 5) is 12.9. The second kappa shape index (κ2) is 3.81. The van der Waals surface area contributed by atoms with Gasteiger partial charge in [0, 0.05) is 19.5 Å². The van der Waals surface area contributed by atoms with Crippen molar-refractivity contribution in [3.05, 3.63) is 23.8 Å². The molecular weight excluding hydrogens is 192 g/mol. The highest BCUT2D eigenvalue weighted by Crippen LogP contribution is 2.23. The number of amides is 1. The fourth-order valence-corrected chi connectivity index (χ4v) is 1.63. The van der Waals surface area contributed by atoms with Crippen LogP contribution in [0.25, 0.3) is 0 Å². The van der Waals surface area contributed by atoms with Crippen LogP contribution in [0.5, 0.6) is 5.75 Å². The van der Waals surface area contributed by atoms with Crippen molar-refractivity contribution in [1.29, 1.82) is 0 Å². The lowest BCUT2D eigenvalue weighted by atomic mass is 10.1. The molecule has 1 aliphatic rings. The monoisotopic (exact) mass is 206 g/mol. The molecule has 2 rings (SSSR count). The summed E-state index contributed by atoms with van der Waals surface area (Å²) < 4.78 is 5.06. The van der Waals surface area contributed by atoms with E-state index < -0.39 is 0 Å². The topological polar surface area (TPSA) is 55.6 Å². The van der Waals surface area contributed by atoms with Gasteiger partial charge < -0.3 is 15.4 Å². The van der Waals surface area contributed by atoms with Crippen LogP contribution in [0.15, 0.2) is 18.2 Å². The third-order valence-electron chi connectivity index (χ3n) is 2.62. The Hall–Kier alpha value is -1.71. The minimum absolute atomic E-state index is 0.212. The molecule has 0 atom stereocenters. The number of hydrogen-bond donors (Lipinski definition) is 1. The van der Waals surface area contributed by atoms with Gasteiger partial charge in [0.05, 0.1) is 12.8 Å². The summed E-state index contributed by atoms with van der Waals surface area (Å²) in [6, 6.07) is 5.61. The molecule has 0 aliphatic carbocycles. The van der Waals surface area contributed by atoms with E-state index in [-0.39, 0.29) is 5.91 Å². The normalized spacial score (nSPS) is 15.0. The molecule has 0 bridgehead atoms. The number of hydrogen-bond acceptors (Lipinski definition) is 3. The lowest BCUT2D eigenvalue weighted by Crippen LogP contribution is -2.42. The van der Waals surface area contributed by atoms with E-state index in [2.05, 4.69) is 0 Å². The van der Waals surface area contributed by atoms with Gasteiger partial charge in [-0.2, -0.15) is 0 Å². The van der Waals surface area contributed by atoms with Gasteiger partial charge in [-0.05, 0) is 17.7 Å². The van der Waals surface area contributed by atoms with Crippen molar-refractivity contribution in [3.63, 3.8) is 0 Å². The van der Waals surface area contributed by atoms with Gasteiger partial charge in [0.1, 0.15) is 5.75 Å². The van der Waals surface area contributed by atoms with Gasteiger partial charge in [-0.3, -0.25) is 4.79 Å². The number of rotatable bonds is 3. The summed E-state index contributed by atoms with van der Waals surface area (Å²) in [5.74, 6) is 0.887. The molecule has 0 unspecified atom stereocenters. The zero-order valence-corrected chi connectivity index (χ0v) is 8.69. The van der Waals surface area contributed by atoms with Crippen LogP contribution in [0, 0.1) is 0 Å². The first-order valence-corrected chi connectivity index (χ1v) is 4.91. The Balaban J connectivity index is 2.09. The first-order chi connectivity index (χ1) is 7.20. The lowest BCUT2D eigenvalue weighted by molar-refractivity contribution is -0.140. The van der Waals surface area contributed by atoms with Crippen LogP contribution in [-0.2, 0) is 11.3 Å². The average molecular weight is 206 g/mol. The number of likely N-dealkylation sites (tertiary alicyclic amines) is 1. The van der Waals surface area contributed by atoms with Crippen molar-refractivity contribution < 1.29 is 9.53 Å². The van der Waals surface area contributed by atoms with Gasteiger partial charge in [0.2, 0.25) is 5.91 Å². The van der Waals surface area contributed by atoms with E-state index in [0.29, 0.717) is 24.4 Å². The van der Waals surface area contributed by atoms with Crippen LogP contribution in [0.2, 0.25) is 0 Å². The van der Waals surface area contributed by atoms with E-state index in [9.17, 15) is 4.79 Å². The summed E-state index contributed by atoms with van der Waals surface area (Å²) in [6.45, 7) is 1.50. The molecule has 0 aromatic heterocycles. The number of nitrogens with zero attached hydrogens (tertiary/aromatic N) is 1. The zero-order valence-electron chi connectivity index (χ0n) is 8.69. The van der Waals surface area contributed by atoms with Gasteiger partial charge in [0.25, 0.3) is 0 Å². The summed E-state index contributed by atoms with van der Waals surface area (Å²) in [5.41, 5.74) is 7.43. The third-order valence-corrected chi connectivity index (χ3v) is 2.62. The van der Waals surface area contributed by atoms with Crippen LogP contribution in [0.3, 0.4) is 0 Å². The van der Waals surface area contributed by atoms with Crippen LogP contribution in [0.4, 0.5) is 5.69 Å². The van der Waals surface area contributed by atoms with E-state index in [1.54, 1.807) is 12.0 Å². The molecule has 1 aromatic carbocycles. The minimum atomic E-state index is 0.212. The van der Waals surface area contributed by atoms with Crippen molar-refractivity contribution in [1.82, 2.24) is 4.90 Å². The SMILES string of the molecule is COc1ccc(CN2CCC2=O)cc1N. The summed E-state index contributed by atoms with van der Waals surface area (Å²) in [5, 5.41) is 0. The molecule has 1 heterocycles. The first kappa shape index (κ1) is 9.83. The Kier molecular flexibility index (Phi) is 2.49. The van der Waals surface area contributed by atoms with E-state index >= 15 is 0 Å². The van der Waals surface area contributed by atoms with Gasteiger partial charge in [-0.15, -0.1) is 0 Å². The molecule has 1 aromatic rings. The Morgan fingerprint density at radius 1 is 1.53 bits per heavy atom. The van der Waals surface area contributed by atoms with Gasteiger partial charge in [-0.1, -0.05) is 6.07 Å². The highest BCUT2D eigenvalue weighted by Gasteiger charge is 2.23. The number of nitrogens with two attached hydrogens (primary N) is 1. The molecule has 4 nitrogen and oxygen atoms in total. The van der Waals surface area contributed by atoms with E-state index in [1.807, 2.05) is 18.2 Å². The fraction of sp³-hybridized carbons (Fsp3) is 0.364. The largest absolute Gasteiger partial charge is 0.495 e. The predicted octanol–water partition coefficient (Wildman–Crippen LogP) is 1.01. The maximum absolute atomic E-state index is 11.1. The molecule has 0 spiro atoms. The molecule has 15 heavy (non-hydrogen) atoms. The second-order valence-electron chi connectivity index (χ2n) is 3.64. The first-order valence-electron chi connectivity index (χ1n) is 4.91. The molecule has 4 heteroatoms. The summed E-state index contributed by atoms with van der Waals surface area (Å²) in [6.07, 6.45) is 0.672. The number of ether oxygens (including phenoxy) is 1. The van der Waals surface area contributed by atoms with Crippen LogP contribution < -0.4 is 10.5 Å². The Labute approximate surface area is 88.6 Å². The number of methoxy groups -OCH3 is 1. The van der Waals surface area contributed by atoms with Crippen LogP contribution >= 0.6 is 0 Å². The van der Waals surface area contributed by atoms with Crippen molar-refractivity contribution in [3.8, 4) is 5.75 Å². The maximum atomic E-state index is 11.1. The molecule has 1 aliphatic heterocycles. The molecule has 1 amide bonds. The number of carbonyl (C=O) groups excluding carboxylic acids is 1. The Morgan fingerprint density at radius 3 is 2.80 bits per heavy atom.